The first kappa shape index (κ1) is 18.4. The van der Waals surface area contributed by atoms with E-state index >= 15 is 0 Å². The van der Waals surface area contributed by atoms with E-state index in [1.807, 2.05) is 42.5 Å². The molecule has 0 fully saturated rings. The van der Waals surface area contributed by atoms with Crippen LogP contribution in [-0.2, 0) is 13.1 Å². The molecule has 0 aliphatic rings. The van der Waals surface area contributed by atoms with Crippen molar-refractivity contribution >= 4 is 11.6 Å². The van der Waals surface area contributed by atoms with Gasteiger partial charge in [0.2, 0.25) is 0 Å². The van der Waals surface area contributed by atoms with E-state index in [9.17, 15) is 9.59 Å². The Hall–Kier alpha value is -4.00. The van der Waals surface area contributed by atoms with Gasteiger partial charge < -0.3 is 9.88 Å². The van der Waals surface area contributed by atoms with E-state index in [0.717, 1.165) is 11.1 Å². The van der Waals surface area contributed by atoms with Crippen LogP contribution < -0.4 is 10.9 Å². The van der Waals surface area contributed by atoms with Gasteiger partial charge in [-0.2, -0.15) is 5.10 Å². The summed E-state index contributed by atoms with van der Waals surface area (Å²) in [4.78, 5) is 28.2. The first-order valence-corrected chi connectivity index (χ1v) is 9.14. The van der Waals surface area contributed by atoms with Gasteiger partial charge in [-0.15, -0.1) is 0 Å². The Morgan fingerprint density at radius 1 is 0.897 bits per heavy atom. The lowest BCUT2D eigenvalue weighted by atomic mass is 10.1. The zero-order valence-corrected chi connectivity index (χ0v) is 15.6. The first-order chi connectivity index (χ1) is 14.2. The molecule has 4 aromatic rings. The highest BCUT2D eigenvalue weighted by Gasteiger charge is 2.07. The summed E-state index contributed by atoms with van der Waals surface area (Å²) in [5.41, 5.74) is 3.25. The predicted octanol–water partition coefficient (Wildman–Crippen LogP) is 2.79. The third-order valence-electron chi connectivity index (χ3n) is 4.49. The number of anilines is 1. The molecule has 0 spiro atoms. The van der Waals surface area contributed by atoms with Crippen molar-refractivity contribution in [2.24, 2.45) is 0 Å². The maximum absolute atomic E-state index is 12.5. The molecule has 0 aliphatic carbocycles. The van der Waals surface area contributed by atoms with Crippen LogP contribution in [0.2, 0.25) is 0 Å². The fraction of sp³-hybridized carbons (Fsp3) is 0.0909. The van der Waals surface area contributed by atoms with Crippen LogP contribution >= 0.6 is 0 Å². The largest absolute Gasteiger partial charge is 0.322 e. The Bertz CT molecular complexity index is 1150. The van der Waals surface area contributed by atoms with E-state index in [2.05, 4.69) is 15.4 Å². The minimum Gasteiger partial charge on any atom is -0.322 e. The molecule has 0 radical (unpaired) electrons. The van der Waals surface area contributed by atoms with E-state index < -0.39 is 0 Å². The molecule has 29 heavy (non-hydrogen) atoms. The smallest absolute Gasteiger partial charge is 0.255 e. The summed E-state index contributed by atoms with van der Waals surface area (Å²) in [7, 11) is 0. The average Bonchev–Trinajstić information content (AvgIpc) is 3.25. The van der Waals surface area contributed by atoms with Crippen LogP contribution in [0.25, 0.3) is 0 Å². The Balaban J connectivity index is 1.38. The summed E-state index contributed by atoms with van der Waals surface area (Å²) in [6.07, 6.45) is 4.90. The number of benzene rings is 2. The van der Waals surface area contributed by atoms with E-state index in [1.54, 1.807) is 40.0 Å². The summed E-state index contributed by atoms with van der Waals surface area (Å²) in [5, 5.41) is 6.96. The summed E-state index contributed by atoms with van der Waals surface area (Å²) in [6.45, 7) is 1.09. The zero-order valence-electron chi connectivity index (χ0n) is 15.6. The second-order valence-corrected chi connectivity index (χ2v) is 6.61. The van der Waals surface area contributed by atoms with Crippen LogP contribution in [-0.4, -0.2) is 25.2 Å². The molecule has 2 heterocycles. The quantitative estimate of drug-likeness (QED) is 0.553. The minimum atomic E-state index is -0.177. The second kappa shape index (κ2) is 8.35. The molecule has 1 N–H and O–H groups in total. The van der Waals surface area contributed by atoms with Gasteiger partial charge in [-0.25, -0.2) is 9.67 Å². The van der Waals surface area contributed by atoms with Crippen molar-refractivity contribution in [1.82, 2.24) is 19.3 Å². The van der Waals surface area contributed by atoms with Gasteiger partial charge in [0, 0.05) is 23.5 Å². The van der Waals surface area contributed by atoms with Crippen LogP contribution in [0.5, 0.6) is 0 Å². The molecule has 2 aromatic heterocycles. The number of carbonyl (C=O) groups excluding carboxylic acids is 1. The fourth-order valence-electron chi connectivity index (χ4n) is 2.95. The van der Waals surface area contributed by atoms with Crippen molar-refractivity contribution in [2.75, 3.05) is 5.32 Å². The lowest BCUT2D eigenvalue weighted by molar-refractivity contribution is 0.102. The molecule has 0 saturated carbocycles. The molecule has 7 nitrogen and oxygen atoms in total. The van der Waals surface area contributed by atoms with Crippen LogP contribution in [0.4, 0.5) is 5.69 Å². The molecule has 0 unspecified atom stereocenters. The van der Waals surface area contributed by atoms with Gasteiger partial charge >= 0.3 is 0 Å². The van der Waals surface area contributed by atoms with Crippen molar-refractivity contribution in [3.63, 3.8) is 0 Å². The second-order valence-electron chi connectivity index (χ2n) is 6.61. The van der Waals surface area contributed by atoms with E-state index in [-0.39, 0.29) is 11.5 Å². The minimum absolute atomic E-state index is 0.0443. The monoisotopic (exact) mass is 385 g/mol. The lowest BCUT2D eigenvalue weighted by Crippen LogP contribution is -2.18. The van der Waals surface area contributed by atoms with Gasteiger partial charge in [0.05, 0.1) is 13.1 Å². The average molecular weight is 385 g/mol. The molecular formula is C22H19N5O2. The molecule has 2 aromatic carbocycles. The maximum atomic E-state index is 12.5. The first-order valence-electron chi connectivity index (χ1n) is 9.14. The SMILES string of the molecule is O=C(Nc1ccc(Cn2ccccc2=O)cc1)c1ccc(Cn2cncn2)cc1. The number of aromatic nitrogens is 4. The van der Waals surface area contributed by atoms with Gasteiger partial charge in [0.25, 0.3) is 11.5 Å². The lowest BCUT2D eigenvalue weighted by Gasteiger charge is -2.09. The summed E-state index contributed by atoms with van der Waals surface area (Å²) in [6, 6.07) is 19.9. The van der Waals surface area contributed by atoms with Gasteiger partial charge in [-0.3, -0.25) is 9.59 Å². The van der Waals surface area contributed by atoms with Crippen LogP contribution in [0.3, 0.4) is 0 Å². The highest BCUT2D eigenvalue weighted by molar-refractivity contribution is 6.04. The number of pyridine rings is 1. The number of nitrogens with zero attached hydrogens (tertiary/aromatic N) is 4. The summed E-state index contributed by atoms with van der Waals surface area (Å²) in [5.74, 6) is -0.177. The van der Waals surface area contributed by atoms with Crippen molar-refractivity contribution < 1.29 is 4.79 Å². The molecule has 1 amide bonds. The predicted molar refractivity (Wildman–Crippen MR) is 110 cm³/mol. The van der Waals surface area contributed by atoms with Crippen LogP contribution in [0, 0.1) is 0 Å². The molecule has 0 atom stereocenters. The Morgan fingerprint density at radius 3 is 2.31 bits per heavy atom. The maximum Gasteiger partial charge on any atom is 0.255 e. The van der Waals surface area contributed by atoms with Crippen molar-refractivity contribution in [2.45, 2.75) is 13.1 Å². The number of hydrogen-bond acceptors (Lipinski definition) is 4. The number of carbonyl (C=O) groups is 1. The molecule has 0 saturated heterocycles. The van der Waals surface area contributed by atoms with Crippen molar-refractivity contribution in [3.05, 3.63) is 113 Å². The Kier molecular flexibility index (Phi) is 5.29. The van der Waals surface area contributed by atoms with Gasteiger partial charge in [-0.1, -0.05) is 30.3 Å². The molecule has 0 aliphatic heterocycles. The standard InChI is InChI=1S/C22H19N5O2/c28-21-3-1-2-12-26(21)13-17-6-10-20(11-7-17)25-22(29)19-8-4-18(5-9-19)14-27-16-23-15-24-27/h1-12,15-16H,13-14H2,(H,25,29). The topological polar surface area (TPSA) is 81.8 Å². The van der Waals surface area contributed by atoms with E-state index in [0.29, 0.717) is 24.3 Å². The fourth-order valence-corrected chi connectivity index (χ4v) is 2.95. The van der Waals surface area contributed by atoms with E-state index in [1.165, 1.54) is 12.4 Å². The normalized spacial score (nSPS) is 10.6. The number of nitrogens with one attached hydrogen (secondary N) is 1. The molecule has 0 bridgehead atoms. The molecule has 144 valence electrons. The highest BCUT2D eigenvalue weighted by atomic mass is 16.1. The van der Waals surface area contributed by atoms with E-state index in [4.69, 9.17) is 0 Å². The molecule has 4 rings (SSSR count). The number of hydrogen-bond donors (Lipinski definition) is 1. The van der Waals surface area contributed by atoms with Gasteiger partial charge in [0.1, 0.15) is 12.7 Å². The third kappa shape index (κ3) is 4.65. The Morgan fingerprint density at radius 2 is 1.62 bits per heavy atom. The van der Waals surface area contributed by atoms with Crippen molar-refractivity contribution in [3.8, 4) is 0 Å². The highest BCUT2D eigenvalue weighted by Crippen LogP contribution is 2.13. The van der Waals surface area contributed by atoms with Gasteiger partial charge in [0.15, 0.2) is 0 Å². The Labute approximate surface area is 167 Å². The summed E-state index contributed by atoms with van der Waals surface area (Å²) >= 11 is 0. The molecule has 7 heteroatoms. The van der Waals surface area contributed by atoms with Crippen molar-refractivity contribution in [1.29, 1.82) is 0 Å². The summed E-state index contributed by atoms with van der Waals surface area (Å²) < 4.78 is 3.36. The zero-order chi connectivity index (χ0) is 20.1. The van der Waals surface area contributed by atoms with Crippen LogP contribution in [0.1, 0.15) is 21.5 Å². The third-order valence-corrected chi connectivity index (χ3v) is 4.49. The van der Waals surface area contributed by atoms with Crippen LogP contribution in [0.15, 0.2) is 90.4 Å². The molecular weight excluding hydrogens is 366 g/mol. The van der Waals surface area contributed by atoms with Gasteiger partial charge in [-0.05, 0) is 41.5 Å². The number of amides is 1. The number of rotatable bonds is 6.